The molecule has 3 aromatic carbocycles. The number of rotatable bonds is 9. The SMILES string of the molecule is CC(c1ccccc1CCCn1ccnc1)N(c1cc(F)ccc1F)S(=O)(=O)c1ccc(Cl)cc1. The molecule has 1 unspecified atom stereocenters. The summed E-state index contributed by atoms with van der Waals surface area (Å²) < 4.78 is 59.6. The molecule has 0 saturated heterocycles. The third kappa shape index (κ3) is 5.55. The largest absolute Gasteiger partial charge is 0.337 e. The van der Waals surface area contributed by atoms with Crippen molar-refractivity contribution < 1.29 is 17.2 Å². The van der Waals surface area contributed by atoms with Crippen LogP contribution in [0, 0.1) is 11.6 Å². The molecule has 0 bridgehead atoms. The number of hydrogen-bond acceptors (Lipinski definition) is 3. The van der Waals surface area contributed by atoms with Gasteiger partial charge in [0.2, 0.25) is 0 Å². The maximum absolute atomic E-state index is 15.0. The Hall–Kier alpha value is -3.23. The minimum atomic E-state index is -4.27. The van der Waals surface area contributed by atoms with Gasteiger partial charge in [-0.1, -0.05) is 35.9 Å². The molecule has 1 atom stereocenters. The van der Waals surface area contributed by atoms with E-state index in [0.29, 0.717) is 17.0 Å². The molecule has 1 aromatic heterocycles. The van der Waals surface area contributed by atoms with Crippen molar-refractivity contribution in [3.8, 4) is 0 Å². The first kappa shape index (κ1) is 24.9. The fourth-order valence-corrected chi connectivity index (χ4v) is 5.85. The van der Waals surface area contributed by atoms with E-state index in [1.165, 1.54) is 24.3 Å². The quantitative estimate of drug-likeness (QED) is 0.259. The van der Waals surface area contributed by atoms with E-state index in [0.717, 1.165) is 41.0 Å². The van der Waals surface area contributed by atoms with E-state index >= 15 is 0 Å². The number of aryl methyl sites for hydroxylation is 2. The lowest BCUT2D eigenvalue weighted by Gasteiger charge is -2.32. The number of nitrogens with zero attached hydrogens (tertiary/aromatic N) is 3. The van der Waals surface area contributed by atoms with E-state index in [9.17, 15) is 17.2 Å². The van der Waals surface area contributed by atoms with Gasteiger partial charge in [-0.15, -0.1) is 0 Å². The molecule has 0 fully saturated rings. The van der Waals surface area contributed by atoms with E-state index in [-0.39, 0.29) is 10.6 Å². The average Bonchev–Trinajstić information content (AvgIpc) is 3.35. The molecule has 0 aliphatic rings. The van der Waals surface area contributed by atoms with Crippen LogP contribution in [0.15, 0.2) is 90.3 Å². The highest BCUT2D eigenvalue weighted by molar-refractivity contribution is 7.92. The Morgan fingerprint density at radius 2 is 1.80 bits per heavy atom. The number of hydrogen-bond donors (Lipinski definition) is 0. The summed E-state index contributed by atoms with van der Waals surface area (Å²) >= 11 is 5.95. The first-order valence-electron chi connectivity index (χ1n) is 11.1. The standard InChI is InChI=1S/C26H24ClF2N3O2S/c1-19(24-7-3-2-5-20(24)6-4-15-31-16-14-30-18-31)32(26-17-22(28)10-13-25(26)29)35(33,34)23-11-8-21(27)9-12-23/h2-3,5,7-14,16-19H,4,6,15H2,1H3. The summed E-state index contributed by atoms with van der Waals surface area (Å²) in [5, 5.41) is 0.365. The Balaban J connectivity index is 1.75. The summed E-state index contributed by atoms with van der Waals surface area (Å²) in [4.78, 5) is 3.97. The molecule has 0 aliphatic carbocycles. The number of halogens is 3. The zero-order valence-corrected chi connectivity index (χ0v) is 20.6. The molecule has 182 valence electrons. The van der Waals surface area contributed by atoms with Crippen LogP contribution in [0.4, 0.5) is 14.5 Å². The van der Waals surface area contributed by atoms with Crippen LogP contribution in [0.2, 0.25) is 5.02 Å². The third-order valence-corrected chi connectivity index (χ3v) is 7.95. The van der Waals surface area contributed by atoms with E-state index in [1.807, 2.05) is 29.0 Å². The lowest BCUT2D eigenvalue weighted by molar-refractivity contribution is 0.569. The van der Waals surface area contributed by atoms with Gasteiger partial charge in [0.25, 0.3) is 10.0 Å². The van der Waals surface area contributed by atoms with Crippen molar-refractivity contribution in [1.29, 1.82) is 0 Å². The van der Waals surface area contributed by atoms with Crippen molar-refractivity contribution in [2.24, 2.45) is 0 Å². The number of imidazole rings is 1. The van der Waals surface area contributed by atoms with Crippen molar-refractivity contribution in [2.75, 3.05) is 4.31 Å². The third-order valence-electron chi connectivity index (χ3n) is 5.79. The van der Waals surface area contributed by atoms with Crippen LogP contribution in [0.5, 0.6) is 0 Å². The van der Waals surface area contributed by atoms with Gasteiger partial charge in [-0.05, 0) is 67.3 Å². The summed E-state index contributed by atoms with van der Waals surface area (Å²) in [5.41, 5.74) is 1.27. The van der Waals surface area contributed by atoms with Gasteiger partial charge in [0.15, 0.2) is 0 Å². The van der Waals surface area contributed by atoms with Crippen molar-refractivity contribution in [3.05, 3.63) is 113 Å². The lowest BCUT2D eigenvalue weighted by atomic mass is 9.97. The molecule has 0 aliphatic heterocycles. The molecule has 5 nitrogen and oxygen atoms in total. The molecule has 0 N–H and O–H groups in total. The van der Waals surface area contributed by atoms with Crippen molar-refractivity contribution >= 4 is 27.3 Å². The van der Waals surface area contributed by atoms with Crippen LogP contribution in [0.1, 0.15) is 30.5 Å². The second-order valence-electron chi connectivity index (χ2n) is 8.13. The molecular formula is C26H24ClF2N3O2S. The van der Waals surface area contributed by atoms with Crippen molar-refractivity contribution in [1.82, 2.24) is 9.55 Å². The zero-order chi connectivity index (χ0) is 25.0. The minimum Gasteiger partial charge on any atom is -0.337 e. The number of aromatic nitrogens is 2. The maximum atomic E-state index is 15.0. The molecule has 0 amide bonds. The molecular weight excluding hydrogens is 492 g/mol. The van der Waals surface area contributed by atoms with E-state index < -0.39 is 27.7 Å². The fourth-order valence-electron chi connectivity index (χ4n) is 4.09. The van der Waals surface area contributed by atoms with Crippen LogP contribution in [-0.2, 0) is 23.0 Å². The summed E-state index contributed by atoms with van der Waals surface area (Å²) in [6.07, 6.45) is 6.78. The van der Waals surface area contributed by atoms with Gasteiger partial charge in [0.1, 0.15) is 11.6 Å². The normalized spacial score (nSPS) is 12.5. The van der Waals surface area contributed by atoms with Gasteiger partial charge >= 0.3 is 0 Å². The molecule has 4 rings (SSSR count). The van der Waals surface area contributed by atoms with E-state index in [1.54, 1.807) is 25.5 Å². The van der Waals surface area contributed by atoms with Gasteiger partial charge < -0.3 is 4.57 Å². The average molecular weight is 516 g/mol. The Morgan fingerprint density at radius 1 is 1.06 bits per heavy atom. The second kappa shape index (κ2) is 10.6. The van der Waals surface area contributed by atoms with Crippen molar-refractivity contribution in [2.45, 2.75) is 37.2 Å². The molecule has 1 heterocycles. The smallest absolute Gasteiger partial charge is 0.264 e. The fraction of sp³-hybridized carbons (Fsp3) is 0.192. The molecule has 0 spiro atoms. The Morgan fingerprint density at radius 3 is 2.51 bits per heavy atom. The van der Waals surface area contributed by atoms with Crippen LogP contribution in [0.25, 0.3) is 0 Å². The van der Waals surface area contributed by atoms with E-state index in [4.69, 9.17) is 11.6 Å². The molecule has 0 radical (unpaired) electrons. The van der Waals surface area contributed by atoms with Crippen LogP contribution >= 0.6 is 11.6 Å². The highest BCUT2D eigenvalue weighted by Crippen LogP contribution is 2.37. The van der Waals surface area contributed by atoms with Gasteiger partial charge in [0, 0.05) is 30.0 Å². The predicted molar refractivity (Wildman–Crippen MR) is 133 cm³/mol. The number of anilines is 1. The van der Waals surface area contributed by atoms with E-state index in [2.05, 4.69) is 4.98 Å². The Labute approximate surface area is 208 Å². The Bertz CT molecular complexity index is 1390. The molecule has 4 aromatic rings. The van der Waals surface area contributed by atoms with Crippen LogP contribution < -0.4 is 4.31 Å². The van der Waals surface area contributed by atoms with Crippen LogP contribution in [0.3, 0.4) is 0 Å². The van der Waals surface area contributed by atoms with Crippen LogP contribution in [-0.4, -0.2) is 18.0 Å². The van der Waals surface area contributed by atoms with Gasteiger partial charge in [0.05, 0.1) is 23.0 Å². The zero-order valence-electron chi connectivity index (χ0n) is 19.0. The van der Waals surface area contributed by atoms with Crippen molar-refractivity contribution in [3.63, 3.8) is 0 Å². The molecule has 35 heavy (non-hydrogen) atoms. The minimum absolute atomic E-state index is 0.0741. The highest BCUT2D eigenvalue weighted by Gasteiger charge is 2.33. The predicted octanol–water partition coefficient (Wildman–Crippen LogP) is 6.40. The first-order chi connectivity index (χ1) is 16.8. The maximum Gasteiger partial charge on any atom is 0.264 e. The summed E-state index contributed by atoms with van der Waals surface area (Å²) in [6, 6.07) is 15.0. The van der Waals surface area contributed by atoms with Gasteiger partial charge in [-0.25, -0.2) is 22.2 Å². The number of benzene rings is 3. The highest BCUT2D eigenvalue weighted by atomic mass is 35.5. The lowest BCUT2D eigenvalue weighted by Crippen LogP contribution is -2.35. The van der Waals surface area contributed by atoms with Gasteiger partial charge in [-0.2, -0.15) is 0 Å². The summed E-state index contributed by atoms with van der Waals surface area (Å²) in [7, 11) is -4.27. The molecule has 0 saturated carbocycles. The second-order valence-corrected chi connectivity index (χ2v) is 10.4. The summed E-state index contributed by atoms with van der Waals surface area (Å²) in [6.45, 7) is 2.42. The topological polar surface area (TPSA) is 55.2 Å². The molecule has 9 heteroatoms. The Kier molecular flexibility index (Phi) is 7.52. The first-order valence-corrected chi connectivity index (χ1v) is 12.9. The van der Waals surface area contributed by atoms with Gasteiger partial charge in [-0.3, -0.25) is 4.31 Å². The monoisotopic (exact) mass is 515 g/mol. The summed E-state index contributed by atoms with van der Waals surface area (Å²) in [5.74, 6) is -1.58. The number of sulfonamides is 1.